The molecule has 0 bridgehead atoms. The number of aromatic nitrogens is 2. The van der Waals surface area contributed by atoms with Crippen LogP contribution in [-0.2, 0) is 9.63 Å². The lowest BCUT2D eigenvalue weighted by atomic mass is 9.79. The van der Waals surface area contributed by atoms with Crippen LogP contribution in [0.1, 0.15) is 42.5 Å². The first-order valence-corrected chi connectivity index (χ1v) is 9.82. The molecule has 152 valence electrons. The molecule has 30 heavy (non-hydrogen) atoms. The van der Waals surface area contributed by atoms with Gasteiger partial charge < -0.3 is 4.57 Å². The minimum Gasteiger partial charge on any atom is -0.327 e. The van der Waals surface area contributed by atoms with Gasteiger partial charge in [0.05, 0.1) is 41.6 Å². The summed E-state index contributed by atoms with van der Waals surface area (Å²) in [7, 11) is 0. The third-order valence-corrected chi connectivity index (χ3v) is 5.95. The van der Waals surface area contributed by atoms with E-state index in [0.29, 0.717) is 36.9 Å². The quantitative estimate of drug-likeness (QED) is 0.656. The van der Waals surface area contributed by atoms with Crippen LogP contribution in [0, 0.1) is 28.9 Å². The number of hydroxylamine groups is 2. The van der Waals surface area contributed by atoms with Gasteiger partial charge in [0.25, 0.3) is 0 Å². The topological polar surface area (TPSA) is 71.2 Å². The first-order chi connectivity index (χ1) is 14.5. The number of hydrogen-bond acceptors (Lipinski definition) is 4. The fourth-order valence-electron chi connectivity index (χ4n) is 4.35. The molecule has 0 unspecified atom stereocenters. The van der Waals surface area contributed by atoms with Crippen LogP contribution in [0.5, 0.6) is 0 Å². The second-order valence-electron chi connectivity index (χ2n) is 7.79. The molecule has 0 radical (unpaired) electrons. The highest BCUT2D eigenvalue weighted by atomic mass is 19.1. The maximum atomic E-state index is 13.9. The van der Waals surface area contributed by atoms with Gasteiger partial charge in [0.15, 0.2) is 0 Å². The first kappa shape index (κ1) is 18.7. The summed E-state index contributed by atoms with van der Waals surface area (Å²) in [6.07, 6.45) is 3.48. The van der Waals surface area contributed by atoms with Crippen LogP contribution in [-0.4, -0.2) is 27.1 Å². The van der Waals surface area contributed by atoms with Crippen molar-refractivity contribution in [2.75, 3.05) is 6.61 Å². The molecule has 1 aromatic heterocycles. The zero-order valence-electron chi connectivity index (χ0n) is 16.0. The van der Waals surface area contributed by atoms with Gasteiger partial charge in [0, 0.05) is 24.4 Å². The molecule has 0 spiro atoms. The number of nitriles is 1. The molecule has 2 heterocycles. The fourth-order valence-corrected chi connectivity index (χ4v) is 4.35. The van der Waals surface area contributed by atoms with E-state index >= 15 is 0 Å². The number of fused-ring (bicyclic) bond motifs is 1. The van der Waals surface area contributed by atoms with Crippen molar-refractivity contribution in [1.29, 1.82) is 5.26 Å². The Morgan fingerprint density at radius 2 is 2.00 bits per heavy atom. The molecular formula is C22H18F2N4O2. The molecule has 3 aromatic rings. The van der Waals surface area contributed by atoms with E-state index in [1.165, 1.54) is 29.3 Å². The van der Waals surface area contributed by atoms with Gasteiger partial charge in [-0.1, -0.05) is 0 Å². The lowest BCUT2D eigenvalue weighted by Crippen LogP contribution is -2.41. The molecule has 6 nitrogen and oxygen atoms in total. The highest BCUT2D eigenvalue weighted by Gasteiger charge is 2.42. The third kappa shape index (κ3) is 3.12. The molecule has 5 rings (SSSR count). The summed E-state index contributed by atoms with van der Waals surface area (Å²) in [6.45, 7) is 0.364. The number of benzene rings is 2. The maximum Gasteiger partial charge on any atom is 0.249 e. The third-order valence-electron chi connectivity index (χ3n) is 5.95. The second kappa shape index (κ2) is 7.18. The normalized spacial score (nSPS) is 23.4. The molecular weight excluding hydrogens is 390 g/mol. The number of nitrogens with zero attached hydrogens (tertiary/aromatic N) is 4. The summed E-state index contributed by atoms with van der Waals surface area (Å²) >= 11 is 0. The zero-order chi connectivity index (χ0) is 20.8. The van der Waals surface area contributed by atoms with Gasteiger partial charge in [-0.05, 0) is 48.7 Å². The summed E-state index contributed by atoms with van der Waals surface area (Å²) in [4.78, 5) is 22.9. The Labute approximate surface area is 171 Å². The summed E-state index contributed by atoms with van der Waals surface area (Å²) in [5.41, 5.74) is 2.21. The van der Waals surface area contributed by atoms with Crippen molar-refractivity contribution in [3.63, 3.8) is 0 Å². The number of rotatable bonds is 3. The van der Waals surface area contributed by atoms with Gasteiger partial charge in [-0.25, -0.2) is 18.8 Å². The summed E-state index contributed by atoms with van der Waals surface area (Å²) in [6, 6.07) is 10.3. The molecule has 2 aromatic carbocycles. The van der Waals surface area contributed by atoms with E-state index < -0.39 is 11.9 Å². The highest BCUT2D eigenvalue weighted by molar-refractivity contribution is 5.80. The monoisotopic (exact) mass is 408 g/mol. The van der Waals surface area contributed by atoms with Gasteiger partial charge in [0.1, 0.15) is 11.6 Å². The number of carbonyl (C=O) groups is 1. The van der Waals surface area contributed by atoms with Crippen LogP contribution >= 0.6 is 0 Å². The Bertz CT molecular complexity index is 1180. The van der Waals surface area contributed by atoms with Crippen LogP contribution in [0.2, 0.25) is 0 Å². The van der Waals surface area contributed by atoms with Gasteiger partial charge in [-0.15, -0.1) is 0 Å². The molecule has 1 aliphatic heterocycles. The Morgan fingerprint density at radius 1 is 1.17 bits per heavy atom. The molecule has 1 aliphatic carbocycles. The largest absolute Gasteiger partial charge is 0.327 e. The molecule has 2 fully saturated rings. The van der Waals surface area contributed by atoms with Crippen molar-refractivity contribution < 1.29 is 18.4 Å². The minimum absolute atomic E-state index is 0.106. The Hall–Kier alpha value is -3.31. The predicted octanol–water partition coefficient (Wildman–Crippen LogP) is 4.04. The summed E-state index contributed by atoms with van der Waals surface area (Å²) in [5, 5.41) is 10.4. The second-order valence-corrected chi connectivity index (χ2v) is 7.79. The lowest BCUT2D eigenvalue weighted by Gasteiger charge is -2.38. The molecule has 0 N–H and O–H groups in total. The van der Waals surface area contributed by atoms with Crippen LogP contribution in [0.3, 0.4) is 0 Å². The van der Waals surface area contributed by atoms with Crippen molar-refractivity contribution in [1.82, 2.24) is 14.6 Å². The predicted molar refractivity (Wildman–Crippen MR) is 103 cm³/mol. The van der Waals surface area contributed by atoms with E-state index in [9.17, 15) is 13.6 Å². The molecule has 1 saturated heterocycles. The van der Waals surface area contributed by atoms with E-state index in [0.717, 1.165) is 5.52 Å². The van der Waals surface area contributed by atoms with E-state index in [1.807, 2.05) is 10.6 Å². The van der Waals surface area contributed by atoms with E-state index in [1.54, 1.807) is 18.5 Å². The van der Waals surface area contributed by atoms with Gasteiger partial charge in [0.2, 0.25) is 5.91 Å². The smallest absolute Gasteiger partial charge is 0.249 e. The number of carbonyl (C=O) groups excluding carboxylic acids is 1. The molecule has 1 saturated carbocycles. The fraction of sp³-hybridized carbons (Fsp3) is 0.318. The number of imidazole rings is 1. The number of amides is 1. The number of hydrogen-bond donors (Lipinski definition) is 0. The van der Waals surface area contributed by atoms with Crippen LogP contribution in [0.4, 0.5) is 8.78 Å². The van der Waals surface area contributed by atoms with Gasteiger partial charge in [-0.3, -0.25) is 9.63 Å². The Morgan fingerprint density at radius 3 is 2.80 bits per heavy atom. The minimum atomic E-state index is -0.504. The van der Waals surface area contributed by atoms with Crippen LogP contribution < -0.4 is 0 Å². The highest BCUT2D eigenvalue weighted by Crippen LogP contribution is 2.43. The zero-order valence-corrected chi connectivity index (χ0v) is 16.0. The van der Waals surface area contributed by atoms with Gasteiger partial charge in [-0.2, -0.15) is 5.26 Å². The maximum absolute atomic E-state index is 13.9. The standard InChI is InChI=1S/C22H18F2N4O2/c23-16-1-2-21-19(10-16)26-12-27(21)18-8-15(9-18)22(29)28-20(3-4-30-28)14-5-13(11-25)6-17(24)7-14/h1-2,5-7,10,12,15,18,20H,3-4,8-9H2/t15?,18?,20-/m0/s1. The summed E-state index contributed by atoms with van der Waals surface area (Å²) in [5.74, 6) is -1.18. The first-order valence-electron chi connectivity index (χ1n) is 9.82. The van der Waals surface area contributed by atoms with Crippen molar-refractivity contribution in [2.24, 2.45) is 5.92 Å². The van der Waals surface area contributed by atoms with Crippen molar-refractivity contribution >= 4 is 16.9 Å². The van der Waals surface area contributed by atoms with Crippen LogP contribution in [0.15, 0.2) is 42.7 Å². The van der Waals surface area contributed by atoms with E-state index in [4.69, 9.17) is 10.1 Å². The van der Waals surface area contributed by atoms with Crippen molar-refractivity contribution in [2.45, 2.75) is 31.3 Å². The SMILES string of the molecule is N#Cc1cc(F)cc([C@@H]2CCON2C(=O)C2CC(n3cnc4cc(F)ccc43)C2)c1. The molecule has 1 amide bonds. The van der Waals surface area contributed by atoms with Crippen molar-refractivity contribution in [3.8, 4) is 6.07 Å². The van der Waals surface area contributed by atoms with Gasteiger partial charge >= 0.3 is 0 Å². The van der Waals surface area contributed by atoms with Crippen LogP contribution in [0.25, 0.3) is 11.0 Å². The molecule has 1 atom stereocenters. The summed E-state index contributed by atoms with van der Waals surface area (Å²) < 4.78 is 29.2. The number of halogens is 2. The average molecular weight is 408 g/mol. The van der Waals surface area contributed by atoms with E-state index in [2.05, 4.69) is 4.98 Å². The molecule has 8 heteroatoms. The average Bonchev–Trinajstić information content (AvgIpc) is 3.33. The molecule has 2 aliphatic rings. The van der Waals surface area contributed by atoms with E-state index in [-0.39, 0.29) is 29.2 Å². The Balaban J connectivity index is 1.31. The Kier molecular flexibility index (Phi) is 4.48. The van der Waals surface area contributed by atoms with Crippen molar-refractivity contribution in [3.05, 3.63) is 65.5 Å². The lowest BCUT2D eigenvalue weighted by molar-refractivity contribution is -0.185.